The summed E-state index contributed by atoms with van der Waals surface area (Å²) in [6, 6.07) is 3.17. The van der Waals surface area contributed by atoms with Gasteiger partial charge in [0.1, 0.15) is 0 Å². The number of aliphatic hydroxyl groups excluding tert-OH is 1. The van der Waals surface area contributed by atoms with Crippen molar-refractivity contribution in [3.8, 4) is 0 Å². The standard InChI is InChI=1S/C12H18N2O3S/c1-8(7-15)13-12(17)6-10(14-9(2)16)11-4-3-5-18-11/h3-5,8,10,15H,6-7H2,1-2H3,(H,13,17)(H,14,16)/t8-,10?/m1/s1. The van der Waals surface area contributed by atoms with Crippen LogP contribution in [0.2, 0.25) is 0 Å². The molecule has 2 amide bonds. The highest BCUT2D eigenvalue weighted by Gasteiger charge is 2.18. The van der Waals surface area contributed by atoms with Crippen LogP contribution in [0.1, 0.15) is 31.2 Å². The molecule has 6 heteroatoms. The molecule has 0 aliphatic carbocycles. The Kier molecular flexibility index (Phi) is 5.80. The maximum atomic E-state index is 11.7. The molecule has 1 heterocycles. The van der Waals surface area contributed by atoms with E-state index in [0.717, 1.165) is 4.88 Å². The van der Waals surface area contributed by atoms with E-state index < -0.39 is 0 Å². The quantitative estimate of drug-likeness (QED) is 0.716. The van der Waals surface area contributed by atoms with E-state index in [2.05, 4.69) is 10.6 Å². The Morgan fingerprint density at radius 2 is 2.17 bits per heavy atom. The van der Waals surface area contributed by atoms with Crippen LogP contribution in [0.4, 0.5) is 0 Å². The third-order valence-electron chi connectivity index (χ3n) is 2.33. The zero-order valence-electron chi connectivity index (χ0n) is 10.5. The zero-order chi connectivity index (χ0) is 13.5. The molecule has 0 fully saturated rings. The lowest BCUT2D eigenvalue weighted by Gasteiger charge is -2.17. The summed E-state index contributed by atoms with van der Waals surface area (Å²) in [5, 5.41) is 16.2. The fourth-order valence-corrected chi connectivity index (χ4v) is 2.30. The average Bonchev–Trinajstić information content (AvgIpc) is 2.80. The van der Waals surface area contributed by atoms with Crippen LogP contribution in [0.3, 0.4) is 0 Å². The summed E-state index contributed by atoms with van der Waals surface area (Å²) in [7, 11) is 0. The van der Waals surface area contributed by atoms with Crippen LogP contribution in [0.25, 0.3) is 0 Å². The van der Waals surface area contributed by atoms with E-state index in [1.807, 2.05) is 17.5 Å². The predicted octanol–water partition coefficient (Wildman–Crippen LogP) is 0.812. The molecule has 100 valence electrons. The minimum Gasteiger partial charge on any atom is -0.394 e. The Balaban J connectivity index is 2.62. The Morgan fingerprint density at radius 1 is 1.44 bits per heavy atom. The van der Waals surface area contributed by atoms with Crippen molar-refractivity contribution in [1.82, 2.24) is 10.6 Å². The fourth-order valence-electron chi connectivity index (χ4n) is 1.52. The molecule has 0 aliphatic heterocycles. The highest BCUT2D eigenvalue weighted by molar-refractivity contribution is 7.10. The second-order valence-electron chi connectivity index (χ2n) is 4.12. The first-order valence-electron chi connectivity index (χ1n) is 5.73. The number of carbonyl (C=O) groups is 2. The van der Waals surface area contributed by atoms with E-state index >= 15 is 0 Å². The van der Waals surface area contributed by atoms with E-state index in [1.54, 1.807) is 6.92 Å². The van der Waals surface area contributed by atoms with Gasteiger partial charge in [0, 0.05) is 17.8 Å². The zero-order valence-corrected chi connectivity index (χ0v) is 11.3. The van der Waals surface area contributed by atoms with Crippen molar-refractivity contribution in [2.24, 2.45) is 0 Å². The van der Waals surface area contributed by atoms with Gasteiger partial charge < -0.3 is 15.7 Å². The van der Waals surface area contributed by atoms with Gasteiger partial charge >= 0.3 is 0 Å². The Labute approximate surface area is 110 Å². The third-order valence-corrected chi connectivity index (χ3v) is 3.32. The molecule has 0 aromatic carbocycles. The van der Waals surface area contributed by atoms with Crippen molar-refractivity contribution in [1.29, 1.82) is 0 Å². The van der Waals surface area contributed by atoms with Gasteiger partial charge in [-0.1, -0.05) is 6.07 Å². The normalized spacial score (nSPS) is 13.7. The van der Waals surface area contributed by atoms with Crippen LogP contribution in [-0.2, 0) is 9.59 Å². The maximum Gasteiger partial charge on any atom is 0.222 e. The van der Waals surface area contributed by atoms with Crippen molar-refractivity contribution in [3.63, 3.8) is 0 Å². The summed E-state index contributed by atoms with van der Waals surface area (Å²) in [5.74, 6) is -0.361. The fraction of sp³-hybridized carbons (Fsp3) is 0.500. The molecule has 1 aromatic rings. The van der Waals surface area contributed by atoms with Crippen LogP contribution in [0.5, 0.6) is 0 Å². The summed E-state index contributed by atoms with van der Waals surface area (Å²) in [6.07, 6.45) is 0.171. The molecule has 0 saturated heterocycles. The van der Waals surface area contributed by atoms with Crippen molar-refractivity contribution in [2.45, 2.75) is 32.4 Å². The molecular weight excluding hydrogens is 252 g/mol. The molecule has 3 N–H and O–H groups in total. The highest BCUT2D eigenvalue weighted by Crippen LogP contribution is 2.21. The molecule has 0 radical (unpaired) electrons. The van der Waals surface area contributed by atoms with Crippen molar-refractivity contribution in [2.75, 3.05) is 6.61 Å². The SMILES string of the molecule is CC(=O)NC(CC(=O)N[C@H](C)CO)c1cccs1. The van der Waals surface area contributed by atoms with E-state index in [1.165, 1.54) is 18.3 Å². The molecule has 1 rings (SSSR count). The van der Waals surface area contributed by atoms with E-state index in [9.17, 15) is 9.59 Å². The van der Waals surface area contributed by atoms with Crippen LogP contribution in [0.15, 0.2) is 17.5 Å². The molecule has 1 aromatic heterocycles. The van der Waals surface area contributed by atoms with Crippen LogP contribution >= 0.6 is 11.3 Å². The molecular formula is C12H18N2O3S. The van der Waals surface area contributed by atoms with Gasteiger partial charge in [0.2, 0.25) is 11.8 Å². The van der Waals surface area contributed by atoms with Gasteiger partial charge in [-0.15, -0.1) is 11.3 Å². The smallest absolute Gasteiger partial charge is 0.222 e. The summed E-state index contributed by atoms with van der Waals surface area (Å²) in [4.78, 5) is 23.8. The van der Waals surface area contributed by atoms with Crippen molar-refractivity contribution in [3.05, 3.63) is 22.4 Å². The first-order chi connectivity index (χ1) is 8.52. The molecule has 2 atom stereocenters. The summed E-state index contributed by atoms with van der Waals surface area (Å²) >= 11 is 1.50. The average molecular weight is 270 g/mol. The van der Waals surface area contributed by atoms with Crippen LogP contribution in [-0.4, -0.2) is 29.6 Å². The number of hydrogen-bond donors (Lipinski definition) is 3. The maximum absolute atomic E-state index is 11.7. The van der Waals surface area contributed by atoms with Crippen molar-refractivity contribution < 1.29 is 14.7 Å². The number of nitrogens with one attached hydrogen (secondary N) is 2. The minimum atomic E-state index is -0.312. The van der Waals surface area contributed by atoms with Gasteiger partial charge in [-0.05, 0) is 18.4 Å². The van der Waals surface area contributed by atoms with Crippen LogP contribution < -0.4 is 10.6 Å². The van der Waals surface area contributed by atoms with Crippen molar-refractivity contribution >= 4 is 23.2 Å². The van der Waals surface area contributed by atoms with Gasteiger partial charge in [0.05, 0.1) is 19.1 Å². The first kappa shape index (κ1) is 14.7. The number of aliphatic hydroxyl groups is 1. The lowest BCUT2D eigenvalue weighted by molar-refractivity contribution is -0.123. The number of amides is 2. The summed E-state index contributed by atoms with van der Waals surface area (Å²) < 4.78 is 0. The lowest BCUT2D eigenvalue weighted by atomic mass is 10.1. The number of carbonyl (C=O) groups excluding carboxylic acids is 2. The number of hydrogen-bond acceptors (Lipinski definition) is 4. The second kappa shape index (κ2) is 7.13. The van der Waals surface area contributed by atoms with Gasteiger partial charge in [-0.3, -0.25) is 9.59 Å². The Bertz CT molecular complexity index is 392. The van der Waals surface area contributed by atoms with E-state index in [4.69, 9.17) is 5.11 Å². The predicted molar refractivity (Wildman–Crippen MR) is 70.2 cm³/mol. The molecule has 0 bridgehead atoms. The lowest BCUT2D eigenvalue weighted by Crippen LogP contribution is -2.38. The molecule has 0 spiro atoms. The number of rotatable bonds is 6. The second-order valence-corrected chi connectivity index (χ2v) is 5.10. The Morgan fingerprint density at radius 3 is 2.67 bits per heavy atom. The molecule has 5 nitrogen and oxygen atoms in total. The van der Waals surface area contributed by atoms with Crippen LogP contribution in [0, 0.1) is 0 Å². The van der Waals surface area contributed by atoms with Gasteiger partial charge in [-0.2, -0.15) is 0 Å². The largest absolute Gasteiger partial charge is 0.394 e. The molecule has 18 heavy (non-hydrogen) atoms. The molecule has 0 saturated carbocycles. The van der Waals surface area contributed by atoms with E-state index in [-0.39, 0.29) is 36.9 Å². The highest BCUT2D eigenvalue weighted by atomic mass is 32.1. The first-order valence-corrected chi connectivity index (χ1v) is 6.61. The monoisotopic (exact) mass is 270 g/mol. The minimum absolute atomic E-state index is 0.102. The summed E-state index contributed by atoms with van der Waals surface area (Å²) in [6.45, 7) is 3.04. The van der Waals surface area contributed by atoms with E-state index in [0.29, 0.717) is 0 Å². The molecule has 1 unspecified atom stereocenters. The van der Waals surface area contributed by atoms with Gasteiger partial charge in [0.15, 0.2) is 0 Å². The summed E-state index contributed by atoms with van der Waals surface area (Å²) in [5.41, 5.74) is 0. The third kappa shape index (κ3) is 4.85. The molecule has 0 aliphatic rings. The number of thiophene rings is 1. The van der Waals surface area contributed by atoms with Gasteiger partial charge in [0.25, 0.3) is 0 Å². The Hall–Kier alpha value is -1.40. The topological polar surface area (TPSA) is 78.4 Å². The van der Waals surface area contributed by atoms with Gasteiger partial charge in [-0.25, -0.2) is 0 Å².